The van der Waals surface area contributed by atoms with Crippen molar-refractivity contribution >= 4 is 16.1 Å². The fraction of sp³-hybridized carbons (Fsp3) is 0.231. The summed E-state index contributed by atoms with van der Waals surface area (Å²) >= 11 is 0. The highest BCUT2D eigenvalue weighted by Gasteiger charge is 2.65. The molecule has 0 aliphatic carbocycles. The van der Waals surface area contributed by atoms with Gasteiger partial charge in [0.1, 0.15) is 4.90 Å². The molecule has 0 aliphatic heterocycles. The Bertz CT molecular complexity index is 698. The molecule has 1 aromatic heterocycles. The number of carbonyl (C=O) groups excluding carboxylic acids is 1. The van der Waals surface area contributed by atoms with E-state index in [4.69, 9.17) is 0 Å². The van der Waals surface area contributed by atoms with E-state index < -0.39 is 21.0 Å². The summed E-state index contributed by atoms with van der Waals surface area (Å²) in [5.41, 5.74) is -0.136. The number of nitrogens with one attached hydrogen (secondary N) is 1. The average molecular weight is 355 g/mol. The molecule has 10 heteroatoms. The minimum absolute atomic E-state index is 0.136. The van der Waals surface area contributed by atoms with Crippen LogP contribution in [0.2, 0.25) is 0 Å². The lowest BCUT2D eigenvalue weighted by Crippen LogP contribution is -2.35. The van der Waals surface area contributed by atoms with Gasteiger partial charge in [0.05, 0.1) is 6.54 Å². The van der Waals surface area contributed by atoms with Gasteiger partial charge in [-0.05, 0) is 37.3 Å². The standard InChI is InChI=1S/C13H14F5N3OS/c1-10(9-21-8-2-7-19-21)20-13(22)11-3-5-12(6-4-11)23(14,15,16,17)18/h2-8,10H,9H2,1H3,(H,20,22). The minimum atomic E-state index is -9.72. The summed E-state index contributed by atoms with van der Waals surface area (Å²) in [4.78, 5) is 9.88. The van der Waals surface area contributed by atoms with Crippen LogP contribution in [0.25, 0.3) is 0 Å². The van der Waals surface area contributed by atoms with Crippen LogP contribution in [0.3, 0.4) is 0 Å². The first-order valence-corrected chi connectivity index (χ1v) is 8.43. The number of hydrogen-bond donors (Lipinski definition) is 1. The molecule has 0 saturated carbocycles. The summed E-state index contributed by atoms with van der Waals surface area (Å²) in [5.74, 6) is -0.654. The highest BCUT2D eigenvalue weighted by atomic mass is 32.5. The molecule has 0 fully saturated rings. The summed E-state index contributed by atoms with van der Waals surface area (Å²) < 4.78 is 64.5. The van der Waals surface area contributed by atoms with E-state index in [9.17, 15) is 24.2 Å². The van der Waals surface area contributed by atoms with Crippen molar-refractivity contribution in [3.63, 3.8) is 0 Å². The van der Waals surface area contributed by atoms with Gasteiger partial charge in [0, 0.05) is 24.0 Å². The second kappa shape index (κ2) is 4.95. The molecule has 1 atom stereocenters. The molecule has 23 heavy (non-hydrogen) atoms. The van der Waals surface area contributed by atoms with E-state index in [1.54, 1.807) is 30.1 Å². The van der Waals surface area contributed by atoms with Crippen LogP contribution >= 0.6 is 10.2 Å². The third-order valence-corrected chi connectivity index (χ3v) is 4.12. The number of rotatable bonds is 5. The van der Waals surface area contributed by atoms with Crippen LogP contribution in [-0.2, 0) is 6.54 Å². The number of halogens is 5. The summed E-state index contributed by atoms with van der Waals surface area (Å²) in [6.07, 6.45) is 3.25. The summed E-state index contributed by atoms with van der Waals surface area (Å²) in [7, 11) is -9.72. The Morgan fingerprint density at radius 1 is 1.22 bits per heavy atom. The van der Waals surface area contributed by atoms with Crippen LogP contribution in [0.4, 0.5) is 19.4 Å². The first-order valence-electron chi connectivity index (χ1n) is 6.47. The predicted molar refractivity (Wildman–Crippen MR) is 77.0 cm³/mol. The Balaban J connectivity index is 2.06. The Hall–Kier alpha value is -2.10. The van der Waals surface area contributed by atoms with Crippen molar-refractivity contribution in [3.8, 4) is 0 Å². The SMILES string of the molecule is CC(Cn1cccn1)NC(=O)c1ccc(S(F)(F)(F)(F)F)cc1. The Kier molecular flexibility index (Phi) is 3.71. The van der Waals surface area contributed by atoms with Gasteiger partial charge in [-0.2, -0.15) is 5.10 Å². The average Bonchev–Trinajstić information content (AvgIpc) is 2.89. The van der Waals surface area contributed by atoms with Gasteiger partial charge in [-0.15, -0.1) is 0 Å². The van der Waals surface area contributed by atoms with Crippen molar-refractivity contribution in [2.24, 2.45) is 0 Å². The van der Waals surface area contributed by atoms with Gasteiger partial charge in [-0.1, -0.05) is 19.4 Å². The third kappa shape index (κ3) is 4.68. The second-order valence-corrected chi connectivity index (χ2v) is 7.51. The maximum Gasteiger partial charge on any atom is 0.310 e. The van der Waals surface area contributed by atoms with E-state index in [1.807, 2.05) is 0 Å². The lowest BCUT2D eigenvalue weighted by atomic mass is 10.2. The summed E-state index contributed by atoms with van der Waals surface area (Å²) in [5, 5.41) is 6.50. The van der Waals surface area contributed by atoms with Gasteiger partial charge in [0.15, 0.2) is 0 Å². The smallest absolute Gasteiger partial charge is 0.310 e. The van der Waals surface area contributed by atoms with Gasteiger partial charge in [-0.3, -0.25) is 9.48 Å². The normalized spacial score (nSPS) is 16.3. The lowest BCUT2D eigenvalue weighted by Gasteiger charge is -2.40. The molecule has 0 radical (unpaired) electrons. The van der Waals surface area contributed by atoms with E-state index in [2.05, 4.69) is 10.4 Å². The molecule has 1 aromatic carbocycles. The molecule has 0 aliphatic rings. The molecule has 128 valence electrons. The summed E-state index contributed by atoms with van der Waals surface area (Å²) in [6, 6.07) is 3.24. The first-order chi connectivity index (χ1) is 10.3. The number of carbonyl (C=O) groups is 1. The Labute approximate surface area is 129 Å². The third-order valence-electron chi connectivity index (χ3n) is 2.96. The highest BCUT2D eigenvalue weighted by Crippen LogP contribution is 3.02. The largest absolute Gasteiger partial charge is 0.348 e. The van der Waals surface area contributed by atoms with E-state index in [0.717, 1.165) is 12.1 Å². The molecular weight excluding hydrogens is 341 g/mol. The number of aromatic nitrogens is 2. The number of benzene rings is 1. The highest BCUT2D eigenvalue weighted by molar-refractivity contribution is 8.45. The lowest BCUT2D eigenvalue weighted by molar-refractivity contribution is 0.0935. The van der Waals surface area contributed by atoms with Crippen LogP contribution in [0, 0.1) is 0 Å². The minimum Gasteiger partial charge on any atom is -0.348 e. The molecule has 1 heterocycles. The molecular formula is C13H14F5N3OS. The number of hydrogen-bond acceptors (Lipinski definition) is 2. The zero-order valence-electron chi connectivity index (χ0n) is 11.9. The fourth-order valence-corrected chi connectivity index (χ4v) is 2.56. The van der Waals surface area contributed by atoms with Crippen molar-refractivity contribution in [3.05, 3.63) is 48.3 Å². The zero-order chi connectivity index (χ0) is 17.4. The molecule has 0 bridgehead atoms. The topological polar surface area (TPSA) is 46.9 Å². The van der Waals surface area contributed by atoms with Crippen molar-refractivity contribution in [2.75, 3.05) is 0 Å². The first kappa shape index (κ1) is 17.3. The van der Waals surface area contributed by atoms with Gasteiger partial charge >= 0.3 is 10.2 Å². The van der Waals surface area contributed by atoms with Gasteiger partial charge < -0.3 is 5.32 Å². The monoisotopic (exact) mass is 355 g/mol. The number of nitrogens with zero attached hydrogens (tertiary/aromatic N) is 2. The van der Waals surface area contributed by atoms with Crippen molar-refractivity contribution in [1.29, 1.82) is 0 Å². The maximum atomic E-state index is 12.6. The van der Waals surface area contributed by atoms with Crippen LogP contribution in [0.15, 0.2) is 47.6 Å². The van der Waals surface area contributed by atoms with Crippen molar-refractivity contribution < 1.29 is 24.2 Å². The van der Waals surface area contributed by atoms with Crippen LogP contribution < -0.4 is 5.32 Å². The molecule has 2 rings (SSSR count). The quantitative estimate of drug-likeness (QED) is 0.810. The van der Waals surface area contributed by atoms with E-state index in [-0.39, 0.29) is 23.7 Å². The van der Waals surface area contributed by atoms with E-state index >= 15 is 0 Å². The van der Waals surface area contributed by atoms with Gasteiger partial charge in [0.25, 0.3) is 5.91 Å². The van der Waals surface area contributed by atoms with Crippen molar-refractivity contribution in [2.45, 2.75) is 24.4 Å². The Morgan fingerprint density at radius 3 is 2.30 bits per heavy atom. The predicted octanol–water partition coefficient (Wildman–Crippen LogP) is 4.36. The maximum absolute atomic E-state index is 12.6. The molecule has 1 unspecified atom stereocenters. The van der Waals surface area contributed by atoms with Crippen LogP contribution in [0.5, 0.6) is 0 Å². The van der Waals surface area contributed by atoms with Crippen LogP contribution in [0.1, 0.15) is 17.3 Å². The second-order valence-electron chi connectivity index (χ2n) is 5.10. The molecule has 4 nitrogen and oxygen atoms in total. The molecule has 2 aromatic rings. The van der Waals surface area contributed by atoms with Gasteiger partial charge in [0.2, 0.25) is 0 Å². The molecule has 0 spiro atoms. The zero-order valence-corrected chi connectivity index (χ0v) is 12.7. The molecule has 1 amide bonds. The van der Waals surface area contributed by atoms with E-state index in [1.165, 1.54) is 0 Å². The fourth-order valence-electron chi connectivity index (χ4n) is 1.91. The van der Waals surface area contributed by atoms with Crippen molar-refractivity contribution in [1.82, 2.24) is 15.1 Å². The van der Waals surface area contributed by atoms with Gasteiger partial charge in [-0.25, -0.2) is 0 Å². The Morgan fingerprint density at radius 2 is 1.83 bits per heavy atom. The molecule has 1 N–H and O–H groups in total. The molecule has 0 saturated heterocycles. The number of amides is 1. The summed E-state index contributed by atoms with van der Waals surface area (Å²) in [6.45, 7) is 2.05. The van der Waals surface area contributed by atoms with E-state index in [0.29, 0.717) is 6.54 Å². The van der Waals surface area contributed by atoms with Crippen LogP contribution in [-0.4, -0.2) is 21.7 Å².